The van der Waals surface area contributed by atoms with Crippen molar-refractivity contribution >= 4 is 5.97 Å². The molecule has 2 aromatic rings. The minimum atomic E-state index is -4.57. The zero-order valence-corrected chi connectivity index (χ0v) is 19.2. The van der Waals surface area contributed by atoms with Gasteiger partial charge in [-0.15, -0.1) is 0 Å². The number of nitrogens with zero attached hydrogens (tertiary/aromatic N) is 2. The lowest BCUT2D eigenvalue weighted by molar-refractivity contribution is -0.307. The fourth-order valence-electron chi connectivity index (χ4n) is 4.76. The number of unbranched alkanes of at least 4 members (excludes halogenated alkanes) is 1. The number of likely N-dealkylation sites (tertiary alicyclic amines) is 1. The number of carboxylic acid groups (broad SMARTS) is 1. The number of aromatic nitrogens is 1. The monoisotopic (exact) mass is 501 g/mol. The van der Waals surface area contributed by atoms with Gasteiger partial charge < -0.3 is 9.90 Å². The van der Waals surface area contributed by atoms with Gasteiger partial charge in [0.15, 0.2) is 0 Å². The van der Waals surface area contributed by atoms with Crippen LogP contribution in [0.25, 0.3) is 0 Å². The summed E-state index contributed by atoms with van der Waals surface area (Å²) in [6, 6.07) is 6.39. The molecule has 3 rings (SSSR count). The number of carboxylic acids is 1. The second-order valence-electron chi connectivity index (χ2n) is 8.97. The van der Waals surface area contributed by atoms with E-state index in [0.29, 0.717) is 36.9 Å². The molecule has 0 amide bonds. The lowest BCUT2D eigenvalue weighted by Gasteiger charge is -2.44. The molecule has 0 saturated carbocycles. The quantitative estimate of drug-likeness (QED) is 0.420. The number of hydrogen-bond acceptors (Lipinski definition) is 4. The number of carbonyl (C=O) groups excluding carboxylic acids is 1. The minimum Gasteiger partial charge on any atom is -0.550 e. The number of alkyl halides is 6. The van der Waals surface area contributed by atoms with Gasteiger partial charge in [-0.05, 0) is 67.5 Å². The van der Waals surface area contributed by atoms with Gasteiger partial charge in [-0.3, -0.25) is 9.88 Å². The SMILES string of the molecule is CCCC[C@H](c1ccc(C(F)(F)F)nc1)N1CC[C@@H](CC(=O)[O-])C[C@H]1c1ccc(C(F)(F)F)cc1. The molecular formula is C25H27F6N2O2-. The molecule has 1 saturated heterocycles. The lowest BCUT2D eigenvalue weighted by Crippen LogP contribution is -2.41. The van der Waals surface area contributed by atoms with Gasteiger partial charge >= 0.3 is 12.4 Å². The molecule has 2 heterocycles. The topological polar surface area (TPSA) is 56.3 Å². The molecule has 10 heteroatoms. The fraction of sp³-hybridized carbons (Fsp3) is 0.520. The van der Waals surface area contributed by atoms with Crippen molar-refractivity contribution in [3.63, 3.8) is 0 Å². The van der Waals surface area contributed by atoms with Crippen molar-refractivity contribution in [3.05, 3.63) is 65.0 Å². The number of piperidine rings is 1. The third-order valence-electron chi connectivity index (χ3n) is 6.52. The largest absolute Gasteiger partial charge is 0.550 e. The Morgan fingerprint density at radius 2 is 1.77 bits per heavy atom. The maximum absolute atomic E-state index is 13.1. The molecule has 1 fully saturated rings. The zero-order valence-electron chi connectivity index (χ0n) is 19.2. The first-order valence-corrected chi connectivity index (χ1v) is 11.6. The first-order valence-electron chi connectivity index (χ1n) is 11.6. The number of halogens is 6. The number of pyridine rings is 1. The predicted octanol–water partition coefficient (Wildman–Crippen LogP) is 5.94. The Labute approximate surface area is 200 Å². The van der Waals surface area contributed by atoms with Gasteiger partial charge in [0.2, 0.25) is 0 Å². The van der Waals surface area contributed by atoms with Gasteiger partial charge in [-0.1, -0.05) is 38.0 Å². The molecular weight excluding hydrogens is 474 g/mol. The van der Waals surface area contributed by atoms with Crippen LogP contribution >= 0.6 is 0 Å². The first kappa shape index (κ1) is 27.0. The van der Waals surface area contributed by atoms with E-state index in [1.165, 1.54) is 24.4 Å². The molecule has 4 nitrogen and oxygen atoms in total. The standard InChI is InChI=1S/C25H28F6N2O2/c1-2-3-4-20(18-7-10-22(32-15-18)25(29,30)31)33-12-11-16(14-23(34)35)13-21(33)17-5-8-19(9-6-17)24(26,27)28/h5-10,15-16,20-21H,2-4,11-14H2,1H3,(H,34,35)/p-1/t16-,20-,21+/m1/s1. The Morgan fingerprint density at radius 1 is 1.09 bits per heavy atom. The van der Waals surface area contributed by atoms with Crippen molar-refractivity contribution in [1.82, 2.24) is 9.88 Å². The smallest absolute Gasteiger partial charge is 0.433 e. The highest BCUT2D eigenvalue weighted by atomic mass is 19.4. The Morgan fingerprint density at radius 3 is 2.29 bits per heavy atom. The number of hydrogen-bond donors (Lipinski definition) is 0. The summed E-state index contributed by atoms with van der Waals surface area (Å²) in [6.45, 7) is 2.43. The molecule has 1 aromatic heterocycles. The van der Waals surface area contributed by atoms with Crippen LogP contribution in [0.1, 0.15) is 79.9 Å². The van der Waals surface area contributed by atoms with Crippen molar-refractivity contribution < 1.29 is 36.2 Å². The maximum Gasteiger partial charge on any atom is 0.433 e. The summed E-state index contributed by atoms with van der Waals surface area (Å²) in [4.78, 5) is 16.9. The number of rotatable bonds is 8. The second kappa shape index (κ2) is 11.0. The molecule has 0 aliphatic carbocycles. The van der Waals surface area contributed by atoms with Crippen LogP contribution in [-0.2, 0) is 17.1 Å². The van der Waals surface area contributed by atoms with E-state index in [1.807, 2.05) is 6.92 Å². The normalized spacial score (nSPS) is 20.5. The molecule has 1 aliphatic rings. The Balaban J connectivity index is 1.97. The van der Waals surface area contributed by atoms with E-state index < -0.39 is 35.6 Å². The van der Waals surface area contributed by atoms with Crippen LogP contribution in [0.2, 0.25) is 0 Å². The van der Waals surface area contributed by atoms with E-state index >= 15 is 0 Å². The number of carbonyl (C=O) groups is 1. The summed E-state index contributed by atoms with van der Waals surface area (Å²) in [5.41, 5.74) is -0.601. The van der Waals surface area contributed by atoms with Crippen molar-refractivity contribution in [2.75, 3.05) is 6.54 Å². The van der Waals surface area contributed by atoms with Crippen LogP contribution in [0.5, 0.6) is 0 Å². The van der Waals surface area contributed by atoms with Crippen LogP contribution in [0.3, 0.4) is 0 Å². The summed E-state index contributed by atoms with van der Waals surface area (Å²) >= 11 is 0. The first-order chi connectivity index (χ1) is 16.4. The Kier molecular flexibility index (Phi) is 8.46. The van der Waals surface area contributed by atoms with Gasteiger partial charge in [-0.25, -0.2) is 0 Å². The van der Waals surface area contributed by atoms with Crippen molar-refractivity contribution in [3.8, 4) is 0 Å². The van der Waals surface area contributed by atoms with Crippen LogP contribution in [0, 0.1) is 5.92 Å². The third kappa shape index (κ3) is 6.96. The van der Waals surface area contributed by atoms with Crippen LogP contribution < -0.4 is 5.11 Å². The zero-order chi connectivity index (χ0) is 25.8. The highest BCUT2D eigenvalue weighted by Gasteiger charge is 2.37. The van der Waals surface area contributed by atoms with Gasteiger partial charge in [0.05, 0.1) is 5.56 Å². The summed E-state index contributed by atoms with van der Waals surface area (Å²) < 4.78 is 78.3. The van der Waals surface area contributed by atoms with E-state index in [1.54, 1.807) is 0 Å². The van der Waals surface area contributed by atoms with Crippen molar-refractivity contribution in [2.45, 2.75) is 69.9 Å². The average Bonchev–Trinajstić information content (AvgIpc) is 2.79. The van der Waals surface area contributed by atoms with E-state index in [2.05, 4.69) is 9.88 Å². The molecule has 0 radical (unpaired) electrons. The molecule has 35 heavy (non-hydrogen) atoms. The van der Waals surface area contributed by atoms with Crippen LogP contribution in [-0.4, -0.2) is 22.4 Å². The summed E-state index contributed by atoms with van der Waals surface area (Å²) in [5.74, 6) is -1.41. The minimum absolute atomic E-state index is 0.160. The van der Waals surface area contributed by atoms with E-state index in [4.69, 9.17) is 0 Å². The van der Waals surface area contributed by atoms with Gasteiger partial charge in [0.25, 0.3) is 0 Å². The summed E-state index contributed by atoms with van der Waals surface area (Å²) in [7, 11) is 0. The predicted molar refractivity (Wildman–Crippen MR) is 115 cm³/mol. The van der Waals surface area contributed by atoms with E-state index in [9.17, 15) is 36.2 Å². The number of aliphatic carboxylic acids is 1. The Hall–Kier alpha value is -2.62. The highest BCUT2D eigenvalue weighted by molar-refractivity contribution is 5.64. The van der Waals surface area contributed by atoms with Gasteiger partial charge in [0, 0.05) is 24.2 Å². The van der Waals surface area contributed by atoms with Crippen LogP contribution in [0.15, 0.2) is 42.6 Å². The second-order valence-corrected chi connectivity index (χ2v) is 8.97. The summed E-state index contributed by atoms with van der Waals surface area (Å²) in [5, 5.41) is 11.2. The summed E-state index contributed by atoms with van der Waals surface area (Å²) in [6.07, 6.45) is -4.85. The molecule has 1 aliphatic heterocycles. The highest BCUT2D eigenvalue weighted by Crippen LogP contribution is 2.43. The maximum atomic E-state index is 13.1. The molecule has 0 N–H and O–H groups in total. The third-order valence-corrected chi connectivity index (χ3v) is 6.52. The average molecular weight is 501 g/mol. The van der Waals surface area contributed by atoms with Crippen molar-refractivity contribution in [1.29, 1.82) is 0 Å². The van der Waals surface area contributed by atoms with Gasteiger partial charge in [-0.2, -0.15) is 26.3 Å². The molecule has 0 unspecified atom stereocenters. The van der Waals surface area contributed by atoms with E-state index in [-0.39, 0.29) is 18.4 Å². The number of benzene rings is 1. The molecule has 0 spiro atoms. The fourth-order valence-corrected chi connectivity index (χ4v) is 4.76. The molecule has 1 aromatic carbocycles. The molecule has 3 atom stereocenters. The molecule has 192 valence electrons. The molecule has 0 bridgehead atoms. The van der Waals surface area contributed by atoms with Crippen LogP contribution in [0.4, 0.5) is 26.3 Å². The van der Waals surface area contributed by atoms with Crippen molar-refractivity contribution in [2.24, 2.45) is 5.92 Å². The Bertz CT molecular complexity index is 973. The lowest BCUT2D eigenvalue weighted by atomic mass is 9.83. The van der Waals surface area contributed by atoms with E-state index in [0.717, 1.165) is 31.0 Å². The van der Waals surface area contributed by atoms with Gasteiger partial charge in [0.1, 0.15) is 5.69 Å².